The maximum Gasteiger partial charge on any atom is 0.387 e. The van der Waals surface area contributed by atoms with Gasteiger partial charge < -0.3 is 14.8 Å². The number of aromatic nitrogens is 1. The minimum Gasteiger partial charge on any atom is -0.493 e. The summed E-state index contributed by atoms with van der Waals surface area (Å²) in [6.45, 7) is 0.723. The number of alkyl halides is 2. The maximum absolute atomic E-state index is 12.5. The first kappa shape index (κ1) is 18.4. The fraction of sp³-hybridized carbons (Fsp3) is 0.222. The number of carbonyl (C=O) groups excluding carboxylic acids is 1. The molecule has 0 unspecified atom stereocenters. The summed E-state index contributed by atoms with van der Waals surface area (Å²) in [6, 6.07) is 7.34. The van der Waals surface area contributed by atoms with Gasteiger partial charge in [-0.2, -0.15) is 8.78 Å². The Morgan fingerprint density at radius 3 is 2.60 bits per heavy atom. The molecule has 2 rings (SSSR count). The molecule has 1 aromatic carbocycles. The lowest BCUT2D eigenvalue weighted by atomic mass is 10.0. The molecule has 1 atom stereocenters. The van der Waals surface area contributed by atoms with Gasteiger partial charge in [0.15, 0.2) is 11.5 Å². The third kappa shape index (κ3) is 5.00. The maximum atomic E-state index is 12.5. The van der Waals surface area contributed by atoms with Crippen LogP contribution in [-0.2, 0) is 0 Å². The van der Waals surface area contributed by atoms with Crippen LogP contribution in [0.3, 0.4) is 0 Å². The van der Waals surface area contributed by atoms with Crippen LogP contribution in [0.4, 0.5) is 8.78 Å². The van der Waals surface area contributed by atoms with Gasteiger partial charge in [-0.1, -0.05) is 6.08 Å². The Morgan fingerprint density at radius 2 is 2.00 bits per heavy atom. The van der Waals surface area contributed by atoms with Crippen LogP contribution in [0.25, 0.3) is 0 Å². The summed E-state index contributed by atoms with van der Waals surface area (Å²) in [4.78, 5) is 16.5. The molecule has 0 bridgehead atoms. The van der Waals surface area contributed by atoms with Crippen molar-refractivity contribution >= 4 is 5.91 Å². The van der Waals surface area contributed by atoms with Gasteiger partial charge in [0, 0.05) is 18.0 Å². The fourth-order valence-corrected chi connectivity index (χ4v) is 2.28. The normalized spacial score (nSPS) is 11.7. The van der Waals surface area contributed by atoms with Crippen molar-refractivity contribution in [2.45, 2.75) is 19.1 Å². The highest BCUT2D eigenvalue weighted by Crippen LogP contribution is 2.29. The molecule has 1 heterocycles. The molecule has 0 aliphatic heterocycles. The van der Waals surface area contributed by atoms with Crippen LogP contribution < -0.4 is 14.8 Å². The highest BCUT2D eigenvalue weighted by atomic mass is 19.3. The molecule has 1 aromatic heterocycles. The van der Waals surface area contributed by atoms with Gasteiger partial charge in [0.2, 0.25) is 0 Å². The van der Waals surface area contributed by atoms with Gasteiger partial charge in [0.1, 0.15) is 0 Å². The number of nitrogens with zero attached hydrogens (tertiary/aromatic N) is 1. The molecule has 0 aliphatic carbocycles. The van der Waals surface area contributed by atoms with Crippen LogP contribution in [0.2, 0.25) is 0 Å². The minimum absolute atomic E-state index is 0.0529. The van der Waals surface area contributed by atoms with Crippen molar-refractivity contribution in [2.24, 2.45) is 0 Å². The van der Waals surface area contributed by atoms with Crippen LogP contribution >= 0.6 is 0 Å². The molecule has 1 N–H and O–H groups in total. The first-order valence-corrected chi connectivity index (χ1v) is 7.49. The Morgan fingerprint density at radius 1 is 1.28 bits per heavy atom. The van der Waals surface area contributed by atoms with E-state index in [2.05, 4.69) is 21.6 Å². The quantitative estimate of drug-likeness (QED) is 0.738. The second-order valence-corrected chi connectivity index (χ2v) is 5.08. The minimum atomic E-state index is -2.97. The number of pyridine rings is 1. The van der Waals surface area contributed by atoms with Crippen LogP contribution in [0.5, 0.6) is 11.5 Å². The number of halogens is 2. The largest absolute Gasteiger partial charge is 0.493 e. The highest BCUT2D eigenvalue weighted by Gasteiger charge is 2.17. The van der Waals surface area contributed by atoms with Gasteiger partial charge in [-0.3, -0.25) is 9.78 Å². The molecular weight excluding hydrogens is 330 g/mol. The van der Waals surface area contributed by atoms with E-state index in [9.17, 15) is 13.6 Å². The molecule has 1 amide bonds. The first-order valence-electron chi connectivity index (χ1n) is 7.49. The molecule has 132 valence electrons. The average Bonchev–Trinajstić information content (AvgIpc) is 2.61. The Hall–Kier alpha value is -2.96. The lowest BCUT2D eigenvalue weighted by Crippen LogP contribution is -2.28. The van der Waals surface area contributed by atoms with Crippen molar-refractivity contribution in [3.05, 3.63) is 66.5 Å². The van der Waals surface area contributed by atoms with E-state index in [1.54, 1.807) is 30.6 Å². The van der Waals surface area contributed by atoms with Crippen LogP contribution in [0, 0.1) is 0 Å². The topological polar surface area (TPSA) is 60.5 Å². The van der Waals surface area contributed by atoms with Gasteiger partial charge in [-0.15, -0.1) is 6.58 Å². The van der Waals surface area contributed by atoms with Crippen molar-refractivity contribution in [1.82, 2.24) is 10.3 Å². The predicted molar refractivity (Wildman–Crippen MR) is 88.9 cm³/mol. The molecule has 0 saturated carbocycles. The number of hydrogen-bond donors (Lipinski definition) is 1. The number of rotatable bonds is 8. The standard InChI is InChI=1S/C18H18F2N2O3/c1-3-4-14(12-7-9-21-10-8-12)22-17(23)13-5-6-15(25-18(19)20)16(11-13)24-2/h3,5-11,14,18H,1,4H2,2H3,(H,22,23)/t14-/m1/s1. The second kappa shape index (κ2) is 8.77. The molecule has 0 radical (unpaired) electrons. The number of hydrogen-bond acceptors (Lipinski definition) is 4. The lowest BCUT2D eigenvalue weighted by Gasteiger charge is -2.18. The van der Waals surface area contributed by atoms with E-state index in [-0.39, 0.29) is 29.0 Å². The van der Waals surface area contributed by atoms with Crippen molar-refractivity contribution < 1.29 is 23.0 Å². The average molecular weight is 348 g/mol. The van der Waals surface area contributed by atoms with E-state index in [1.807, 2.05) is 0 Å². The Labute approximate surface area is 144 Å². The zero-order valence-corrected chi connectivity index (χ0v) is 13.6. The van der Waals surface area contributed by atoms with Gasteiger partial charge in [0.25, 0.3) is 5.91 Å². The summed E-state index contributed by atoms with van der Waals surface area (Å²) in [5.74, 6) is -0.450. The Kier molecular flexibility index (Phi) is 6.45. The van der Waals surface area contributed by atoms with Gasteiger partial charge in [0.05, 0.1) is 13.2 Å². The van der Waals surface area contributed by atoms with Crippen LogP contribution in [0.1, 0.15) is 28.4 Å². The zero-order chi connectivity index (χ0) is 18.2. The van der Waals surface area contributed by atoms with Crippen molar-refractivity contribution in [3.63, 3.8) is 0 Å². The highest BCUT2D eigenvalue weighted by molar-refractivity contribution is 5.95. The molecule has 0 saturated heterocycles. The Bertz CT molecular complexity index is 724. The lowest BCUT2D eigenvalue weighted by molar-refractivity contribution is -0.0512. The van der Waals surface area contributed by atoms with E-state index in [4.69, 9.17) is 4.74 Å². The van der Waals surface area contributed by atoms with Crippen molar-refractivity contribution in [1.29, 1.82) is 0 Å². The van der Waals surface area contributed by atoms with E-state index < -0.39 is 6.61 Å². The molecule has 2 aromatic rings. The summed E-state index contributed by atoms with van der Waals surface area (Å²) < 4.78 is 34.1. The molecule has 25 heavy (non-hydrogen) atoms. The summed E-state index contributed by atoms with van der Waals surface area (Å²) >= 11 is 0. The molecular formula is C18H18F2N2O3. The van der Waals surface area contributed by atoms with Gasteiger partial charge in [-0.25, -0.2) is 0 Å². The molecule has 5 nitrogen and oxygen atoms in total. The predicted octanol–water partition coefficient (Wildman–Crippen LogP) is 3.74. The van der Waals surface area contributed by atoms with E-state index >= 15 is 0 Å². The van der Waals surface area contributed by atoms with Crippen molar-refractivity contribution in [3.8, 4) is 11.5 Å². The van der Waals surface area contributed by atoms with E-state index in [0.29, 0.717) is 6.42 Å². The number of amides is 1. The smallest absolute Gasteiger partial charge is 0.387 e. The van der Waals surface area contributed by atoms with E-state index in [0.717, 1.165) is 5.56 Å². The molecule has 0 fully saturated rings. The zero-order valence-electron chi connectivity index (χ0n) is 13.6. The Balaban J connectivity index is 2.19. The fourth-order valence-electron chi connectivity index (χ4n) is 2.28. The number of ether oxygens (including phenoxy) is 2. The molecule has 7 heteroatoms. The SMILES string of the molecule is C=CC[C@@H](NC(=O)c1ccc(OC(F)F)c(OC)c1)c1ccncc1. The van der Waals surface area contributed by atoms with Gasteiger partial charge in [-0.05, 0) is 42.3 Å². The summed E-state index contributed by atoms with van der Waals surface area (Å²) in [7, 11) is 1.31. The third-order valence-electron chi connectivity index (χ3n) is 3.46. The first-order chi connectivity index (χ1) is 12.0. The summed E-state index contributed by atoms with van der Waals surface area (Å²) in [5, 5.41) is 2.88. The number of methoxy groups -OCH3 is 1. The number of benzene rings is 1. The van der Waals surface area contributed by atoms with Crippen LogP contribution in [0.15, 0.2) is 55.4 Å². The van der Waals surface area contributed by atoms with Crippen molar-refractivity contribution in [2.75, 3.05) is 7.11 Å². The third-order valence-corrected chi connectivity index (χ3v) is 3.46. The van der Waals surface area contributed by atoms with Crippen LogP contribution in [-0.4, -0.2) is 24.6 Å². The monoisotopic (exact) mass is 348 g/mol. The van der Waals surface area contributed by atoms with Gasteiger partial charge >= 0.3 is 6.61 Å². The second-order valence-electron chi connectivity index (χ2n) is 5.08. The summed E-state index contributed by atoms with van der Waals surface area (Å²) in [6.07, 6.45) is 5.50. The molecule has 0 spiro atoms. The number of carbonyl (C=O) groups is 1. The van der Waals surface area contributed by atoms with E-state index in [1.165, 1.54) is 25.3 Å². The number of nitrogens with one attached hydrogen (secondary N) is 1. The molecule has 0 aliphatic rings. The summed E-state index contributed by atoms with van der Waals surface area (Å²) in [5.41, 5.74) is 1.15.